The topological polar surface area (TPSA) is 59.3 Å². The van der Waals surface area contributed by atoms with Crippen LogP contribution in [0.15, 0.2) is 24.3 Å². The van der Waals surface area contributed by atoms with Crippen molar-refractivity contribution >= 4 is 41.0 Å². The van der Waals surface area contributed by atoms with Crippen molar-refractivity contribution in [1.82, 2.24) is 24.4 Å². The summed E-state index contributed by atoms with van der Waals surface area (Å²) in [5.41, 5.74) is 2.68. The van der Waals surface area contributed by atoms with E-state index in [0.717, 1.165) is 93.0 Å². The number of rotatable bonds is 4. The summed E-state index contributed by atoms with van der Waals surface area (Å²) in [4.78, 5) is 19.5. The molecule has 0 spiro atoms. The van der Waals surface area contributed by atoms with Gasteiger partial charge >= 0.3 is 0 Å². The molecule has 5 rings (SSSR count). The van der Waals surface area contributed by atoms with Crippen LogP contribution in [0.5, 0.6) is 0 Å². The lowest BCUT2D eigenvalue weighted by atomic mass is 10.0. The van der Waals surface area contributed by atoms with Gasteiger partial charge in [-0.3, -0.25) is 0 Å². The average Bonchev–Trinajstić information content (AvgIpc) is 3.13. The zero-order valence-corrected chi connectivity index (χ0v) is 20.2. The summed E-state index contributed by atoms with van der Waals surface area (Å²) in [5.74, 6) is 3.01. The van der Waals surface area contributed by atoms with Crippen LogP contribution < -0.4 is 4.90 Å². The van der Waals surface area contributed by atoms with Crippen molar-refractivity contribution in [1.29, 1.82) is 0 Å². The second-order valence-corrected chi connectivity index (χ2v) is 9.07. The summed E-state index contributed by atoms with van der Waals surface area (Å²) >= 11 is 6.61. The Labute approximate surface area is 200 Å². The quantitative estimate of drug-likeness (QED) is 0.565. The normalized spacial score (nSPS) is 19.8. The summed E-state index contributed by atoms with van der Waals surface area (Å²) in [6.45, 7) is 8.32. The fraction of sp³-hybridized carbons (Fsp3) is 0.522. The molecule has 2 saturated heterocycles. The van der Waals surface area contributed by atoms with Crippen LogP contribution in [0, 0.1) is 12.8 Å². The molecule has 0 aliphatic carbocycles. The molecule has 32 heavy (non-hydrogen) atoms. The number of likely N-dealkylation sites (N-methyl/N-ethyl adjacent to an activating group) is 1. The van der Waals surface area contributed by atoms with Crippen LogP contribution in [0.2, 0.25) is 5.02 Å². The molecule has 1 atom stereocenters. The molecule has 1 unspecified atom stereocenters. The van der Waals surface area contributed by atoms with E-state index in [-0.39, 0.29) is 12.4 Å². The molecule has 0 saturated carbocycles. The van der Waals surface area contributed by atoms with E-state index in [9.17, 15) is 0 Å². The van der Waals surface area contributed by atoms with Gasteiger partial charge in [-0.05, 0) is 38.9 Å². The van der Waals surface area contributed by atoms with Crippen LogP contribution in [0.4, 0.5) is 5.82 Å². The van der Waals surface area contributed by atoms with Crippen molar-refractivity contribution in [3.8, 4) is 11.4 Å². The molecule has 9 heteroatoms. The van der Waals surface area contributed by atoms with Gasteiger partial charge in [-0.15, -0.1) is 12.4 Å². The molecular formula is C23H30Cl2N6O. The first kappa shape index (κ1) is 23.2. The van der Waals surface area contributed by atoms with E-state index in [1.54, 1.807) is 0 Å². The number of ether oxygens (including phenoxy) is 1. The van der Waals surface area contributed by atoms with Crippen molar-refractivity contribution in [3.63, 3.8) is 0 Å². The lowest BCUT2D eigenvalue weighted by molar-refractivity contribution is 0.0489. The Hall–Kier alpha value is -1.93. The minimum Gasteiger partial charge on any atom is -0.381 e. The molecule has 172 valence electrons. The highest BCUT2D eigenvalue weighted by atomic mass is 35.5. The van der Waals surface area contributed by atoms with E-state index in [1.807, 2.05) is 31.2 Å². The molecule has 0 bridgehead atoms. The number of hydrogen-bond donors (Lipinski definition) is 0. The maximum atomic E-state index is 6.61. The summed E-state index contributed by atoms with van der Waals surface area (Å²) in [5, 5.41) is 0.699. The lowest BCUT2D eigenvalue weighted by Gasteiger charge is -2.33. The third-order valence-corrected chi connectivity index (χ3v) is 6.63. The van der Waals surface area contributed by atoms with E-state index < -0.39 is 0 Å². The van der Waals surface area contributed by atoms with E-state index in [1.165, 1.54) is 0 Å². The summed E-state index contributed by atoms with van der Waals surface area (Å²) in [6.07, 6.45) is 2.25. The maximum Gasteiger partial charge on any atom is 0.166 e. The first-order chi connectivity index (χ1) is 15.1. The molecule has 2 aromatic heterocycles. The van der Waals surface area contributed by atoms with Gasteiger partial charge in [0, 0.05) is 50.8 Å². The summed E-state index contributed by atoms with van der Waals surface area (Å²) < 4.78 is 8.00. The van der Waals surface area contributed by atoms with Crippen LogP contribution in [-0.4, -0.2) is 70.9 Å². The summed E-state index contributed by atoms with van der Waals surface area (Å²) in [7, 11) is 2.16. The van der Waals surface area contributed by atoms with Gasteiger partial charge in [0.15, 0.2) is 17.0 Å². The van der Waals surface area contributed by atoms with E-state index in [4.69, 9.17) is 31.3 Å². The molecule has 1 aromatic carbocycles. The third-order valence-electron chi connectivity index (χ3n) is 6.30. The third kappa shape index (κ3) is 4.57. The minimum atomic E-state index is 0. The Balaban J connectivity index is 0.00000245. The van der Waals surface area contributed by atoms with Crippen molar-refractivity contribution in [2.75, 3.05) is 51.3 Å². The minimum absolute atomic E-state index is 0. The first-order valence-corrected chi connectivity index (χ1v) is 11.5. The fourth-order valence-electron chi connectivity index (χ4n) is 4.56. The van der Waals surface area contributed by atoms with Crippen LogP contribution >= 0.6 is 24.0 Å². The molecule has 0 amide bonds. The zero-order valence-electron chi connectivity index (χ0n) is 18.6. The monoisotopic (exact) mass is 476 g/mol. The highest BCUT2D eigenvalue weighted by Crippen LogP contribution is 2.34. The molecule has 0 N–H and O–H groups in total. The first-order valence-electron chi connectivity index (χ1n) is 11.1. The highest BCUT2D eigenvalue weighted by Gasteiger charge is 2.26. The fourth-order valence-corrected chi connectivity index (χ4v) is 4.78. The molecule has 3 aromatic rings. The SMILES string of the molecule is Cc1nc(N2CCN(C)CC2)c2nc(-c3ccccc3Cl)n(CC3CCCOC3)c2n1.Cl. The molecule has 0 radical (unpaired) electrons. The Morgan fingerprint density at radius 1 is 1.09 bits per heavy atom. The number of halogens is 2. The Kier molecular flexibility index (Phi) is 7.20. The largest absolute Gasteiger partial charge is 0.381 e. The van der Waals surface area contributed by atoms with Crippen LogP contribution in [-0.2, 0) is 11.3 Å². The van der Waals surface area contributed by atoms with Gasteiger partial charge in [0.05, 0.1) is 11.6 Å². The number of aromatic nitrogens is 4. The van der Waals surface area contributed by atoms with Crippen molar-refractivity contribution < 1.29 is 4.74 Å². The van der Waals surface area contributed by atoms with Gasteiger partial charge in [-0.2, -0.15) is 0 Å². The van der Waals surface area contributed by atoms with Gasteiger partial charge < -0.3 is 19.1 Å². The molecule has 2 fully saturated rings. The van der Waals surface area contributed by atoms with Gasteiger partial charge in [0.1, 0.15) is 11.6 Å². The van der Waals surface area contributed by atoms with Crippen LogP contribution in [0.1, 0.15) is 18.7 Å². The predicted octanol–water partition coefficient (Wildman–Crippen LogP) is 4.06. The Morgan fingerprint density at radius 2 is 1.88 bits per heavy atom. The van der Waals surface area contributed by atoms with Gasteiger partial charge in [0.2, 0.25) is 0 Å². The van der Waals surface area contributed by atoms with Gasteiger partial charge in [-0.25, -0.2) is 15.0 Å². The number of fused-ring (bicyclic) bond motifs is 1. The second kappa shape index (κ2) is 9.91. The van der Waals surface area contributed by atoms with Crippen molar-refractivity contribution in [3.05, 3.63) is 35.1 Å². The lowest BCUT2D eigenvalue weighted by Crippen LogP contribution is -2.45. The number of imidazole rings is 1. The van der Waals surface area contributed by atoms with Crippen LogP contribution in [0.25, 0.3) is 22.6 Å². The molecule has 7 nitrogen and oxygen atoms in total. The molecule has 2 aliphatic rings. The highest BCUT2D eigenvalue weighted by molar-refractivity contribution is 6.33. The number of nitrogens with zero attached hydrogens (tertiary/aromatic N) is 6. The van der Waals surface area contributed by atoms with Crippen LogP contribution in [0.3, 0.4) is 0 Å². The van der Waals surface area contributed by atoms with Crippen molar-refractivity contribution in [2.24, 2.45) is 5.92 Å². The van der Waals surface area contributed by atoms with Gasteiger partial charge in [-0.1, -0.05) is 23.7 Å². The summed E-state index contributed by atoms with van der Waals surface area (Å²) in [6, 6.07) is 7.91. The number of aryl methyl sites for hydroxylation is 1. The Morgan fingerprint density at radius 3 is 2.59 bits per heavy atom. The number of benzene rings is 1. The molecule has 2 aliphatic heterocycles. The molecular weight excluding hydrogens is 447 g/mol. The second-order valence-electron chi connectivity index (χ2n) is 8.67. The van der Waals surface area contributed by atoms with E-state index >= 15 is 0 Å². The number of piperazine rings is 1. The smallest absolute Gasteiger partial charge is 0.166 e. The number of anilines is 1. The Bertz CT molecular complexity index is 1070. The van der Waals surface area contributed by atoms with Crippen molar-refractivity contribution in [2.45, 2.75) is 26.3 Å². The zero-order chi connectivity index (χ0) is 21.4. The van der Waals surface area contributed by atoms with Gasteiger partial charge in [0.25, 0.3) is 0 Å². The maximum absolute atomic E-state index is 6.61. The van der Waals surface area contributed by atoms with E-state index in [0.29, 0.717) is 10.9 Å². The standard InChI is InChI=1S/C23H29ClN6O.ClH/c1-16-25-22(29-11-9-28(2)10-12-29)20-23(26-16)30(14-17-6-5-13-31-15-17)21(27-20)18-7-3-4-8-19(18)24;/h3-4,7-8,17H,5-6,9-15H2,1-2H3;1H. The average molecular weight is 477 g/mol. The van der Waals surface area contributed by atoms with E-state index in [2.05, 4.69) is 21.4 Å². The molecule has 4 heterocycles. The number of hydrogen-bond acceptors (Lipinski definition) is 6. The predicted molar refractivity (Wildman–Crippen MR) is 131 cm³/mol.